The summed E-state index contributed by atoms with van der Waals surface area (Å²) >= 11 is 10.0. The predicted octanol–water partition coefficient (Wildman–Crippen LogP) is 5.05. The second-order valence-electron chi connectivity index (χ2n) is 5.70. The maximum absolute atomic E-state index is 12.7. The van der Waals surface area contributed by atoms with Gasteiger partial charge in [0.1, 0.15) is 9.21 Å². The average molecular weight is 455 g/mol. The fourth-order valence-corrected chi connectivity index (χ4v) is 4.28. The number of carbonyl (C=O) groups excluding carboxylic acids is 1. The molecule has 19 heavy (non-hydrogen) atoms. The van der Waals surface area contributed by atoms with Crippen molar-refractivity contribution in [2.24, 2.45) is 17.3 Å². The summed E-state index contributed by atoms with van der Waals surface area (Å²) in [6, 6.07) is 0. The first-order valence-electron chi connectivity index (χ1n) is 5.96. The summed E-state index contributed by atoms with van der Waals surface area (Å²) in [6.45, 7) is 8.39. The van der Waals surface area contributed by atoms with Crippen LogP contribution in [0, 0.1) is 17.3 Å². The van der Waals surface area contributed by atoms with Crippen LogP contribution in [0.2, 0.25) is 0 Å². The van der Waals surface area contributed by atoms with E-state index < -0.39 is 0 Å². The van der Waals surface area contributed by atoms with Gasteiger partial charge in [0.2, 0.25) is 5.91 Å². The maximum atomic E-state index is 12.7. The number of carbonyl (C=O) groups is 1. The molecule has 0 saturated heterocycles. The van der Waals surface area contributed by atoms with Gasteiger partial charge in [-0.2, -0.15) is 0 Å². The van der Waals surface area contributed by atoms with Gasteiger partial charge in [0.05, 0.1) is 5.92 Å². The van der Waals surface area contributed by atoms with Crippen LogP contribution in [-0.2, 0) is 0 Å². The monoisotopic (exact) mass is 452 g/mol. The van der Waals surface area contributed by atoms with Gasteiger partial charge in [-0.25, -0.2) is 9.55 Å². The standard InChI is InChI=1S/C13H15Br3N2O/c1-6(2)5-7-8(13(7,3)4)11(19)18-10(15)9(14)17-12(18)16/h5,7-8H,1-4H3. The van der Waals surface area contributed by atoms with E-state index in [9.17, 15) is 4.79 Å². The Morgan fingerprint density at radius 1 is 1.32 bits per heavy atom. The molecule has 0 aromatic carbocycles. The van der Waals surface area contributed by atoms with E-state index in [2.05, 4.69) is 86.5 Å². The molecule has 0 amide bonds. The molecule has 0 aliphatic heterocycles. The van der Waals surface area contributed by atoms with Crippen molar-refractivity contribution in [2.75, 3.05) is 0 Å². The van der Waals surface area contributed by atoms with Crippen molar-refractivity contribution in [3.05, 3.63) is 25.6 Å². The number of rotatable bonds is 2. The summed E-state index contributed by atoms with van der Waals surface area (Å²) in [5.41, 5.74) is 1.25. The first kappa shape index (κ1) is 15.4. The molecule has 0 bridgehead atoms. The van der Waals surface area contributed by atoms with E-state index in [0.29, 0.717) is 19.9 Å². The van der Waals surface area contributed by atoms with Gasteiger partial charge < -0.3 is 0 Å². The number of imidazole rings is 1. The van der Waals surface area contributed by atoms with Gasteiger partial charge in [0.25, 0.3) is 0 Å². The first-order chi connectivity index (χ1) is 8.67. The largest absolute Gasteiger partial charge is 0.274 e. The molecule has 1 aliphatic rings. The van der Waals surface area contributed by atoms with Crippen LogP contribution in [0.1, 0.15) is 32.5 Å². The van der Waals surface area contributed by atoms with Crippen LogP contribution in [0.15, 0.2) is 25.6 Å². The molecule has 2 atom stereocenters. The van der Waals surface area contributed by atoms with Gasteiger partial charge in [0, 0.05) is 0 Å². The normalized spacial score (nSPS) is 24.2. The van der Waals surface area contributed by atoms with E-state index in [0.717, 1.165) is 0 Å². The van der Waals surface area contributed by atoms with Gasteiger partial charge in [-0.1, -0.05) is 25.5 Å². The van der Waals surface area contributed by atoms with Gasteiger partial charge in [0.15, 0.2) is 4.73 Å². The lowest BCUT2D eigenvalue weighted by atomic mass is 10.1. The van der Waals surface area contributed by atoms with E-state index in [1.807, 2.05) is 0 Å². The predicted molar refractivity (Wildman–Crippen MR) is 86.1 cm³/mol. The summed E-state index contributed by atoms with van der Waals surface area (Å²) in [5.74, 6) is 0.366. The van der Waals surface area contributed by atoms with E-state index in [1.165, 1.54) is 5.57 Å². The van der Waals surface area contributed by atoms with Gasteiger partial charge in [-0.3, -0.25) is 4.79 Å². The van der Waals surface area contributed by atoms with Crippen molar-refractivity contribution in [3.8, 4) is 0 Å². The zero-order valence-corrected chi connectivity index (χ0v) is 15.9. The maximum Gasteiger partial charge on any atom is 0.237 e. The fourth-order valence-electron chi connectivity index (χ4n) is 2.50. The van der Waals surface area contributed by atoms with Crippen molar-refractivity contribution in [1.82, 2.24) is 9.55 Å². The van der Waals surface area contributed by atoms with Crippen LogP contribution < -0.4 is 0 Å². The van der Waals surface area contributed by atoms with Crippen LogP contribution in [0.25, 0.3) is 0 Å². The molecule has 104 valence electrons. The quantitative estimate of drug-likeness (QED) is 0.586. The molecule has 1 aromatic heterocycles. The minimum atomic E-state index is -0.00361. The highest BCUT2D eigenvalue weighted by molar-refractivity contribution is 9.13. The van der Waals surface area contributed by atoms with E-state index in [4.69, 9.17) is 0 Å². The second kappa shape index (κ2) is 5.11. The summed E-state index contributed by atoms with van der Waals surface area (Å²) < 4.78 is 3.39. The molecule has 1 aliphatic carbocycles. The van der Waals surface area contributed by atoms with Crippen molar-refractivity contribution >= 4 is 53.7 Å². The molecule has 1 fully saturated rings. The van der Waals surface area contributed by atoms with Crippen LogP contribution in [-0.4, -0.2) is 15.5 Å². The van der Waals surface area contributed by atoms with Gasteiger partial charge in [-0.15, -0.1) is 0 Å². The Balaban J connectivity index is 2.34. The zero-order valence-electron chi connectivity index (χ0n) is 11.2. The molecule has 0 spiro atoms. The Labute approximate surface area is 138 Å². The highest BCUT2D eigenvalue weighted by Gasteiger charge is 2.61. The smallest absolute Gasteiger partial charge is 0.237 e. The second-order valence-corrected chi connectivity index (χ2v) is 7.92. The van der Waals surface area contributed by atoms with E-state index in [-0.39, 0.29) is 17.2 Å². The Hall–Kier alpha value is 0.0600. The third-order valence-corrected chi connectivity index (χ3v) is 6.00. The van der Waals surface area contributed by atoms with E-state index in [1.54, 1.807) is 4.57 Å². The van der Waals surface area contributed by atoms with Crippen molar-refractivity contribution in [3.63, 3.8) is 0 Å². The molecule has 0 N–H and O–H groups in total. The number of aromatic nitrogens is 2. The molecule has 2 rings (SSSR count). The number of allylic oxidation sites excluding steroid dienone is 2. The third kappa shape index (κ3) is 2.63. The molecular formula is C13H15Br3N2O. The fraction of sp³-hybridized carbons (Fsp3) is 0.538. The van der Waals surface area contributed by atoms with Crippen molar-refractivity contribution in [1.29, 1.82) is 0 Å². The summed E-state index contributed by atoms with van der Waals surface area (Å²) in [7, 11) is 0. The SMILES string of the molecule is CC(C)=CC1C(C(=O)n2c(Br)nc(Br)c2Br)C1(C)C. The molecule has 1 saturated carbocycles. The minimum Gasteiger partial charge on any atom is -0.274 e. The molecule has 0 radical (unpaired) electrons. The molecular weight excluding hydrogens is 440 g/mol. The first-order valence-corrected chi connectivity index (χ1v) is 8.34. The third-order valence-electron chi connectivity index (χ3n) is 3.65. The Kier molecular flexibility index (Phi) is 4.16. The van der Waals surface area contributed by atoms with Gasteiger partial charge in [-0.05, 0) is 73.0 Å². The van der Waals surface area contributed by atoms with Crippen LogP contribution >= 0.6 is 47.8 Å². The highest BCUT2D eigenvalue weighted by Crippen LogP contribution is 2.60. The van der Waals surface area contributed by atoms with Crippen LogP contribution in [0.3, 0.4) is 0 Å². The van der Waals surface area contributed by atoms with Gasteiger partial charge >= 0.3 is 0 Å². The Morgan fingerprint density at radius 3 is 2.32 bits per heavy atom. The lowest BCUT2D eigenvalue weighted by Crippen LogP contribution is -2.16. The van der Waals surface area contributed by atoms with Crippen molar-refractivity contribution in [2.45, 2.75) is 27.7 Å². The Bertz CT molecular complexity index is 571. The van der Waals surface area contributed by atoms with Crippen LogP contribution in [0.4, 0.5) is 0 Å². The zero-order chi connectivity index (χ0) is 14.5. The number of hydrogen-bond donors (Lipinski definition) is 0. The molecule has 6 heteroatoms. The number of nitrogens with zero attached hydrogens (tertiary/aromatic N) is 2. The number of halogens is 3. The highest BCUT2D eigenvalue weighted by atomic mass is 79.9. The summed E-state index contributed by atoms with van der Waals surface area (Å²) in [6.07, 6.45) is 2.19. The molecule has 1 aromatic rings. The Morgan fingerprint density at radius 2 is 1.89 bits per heavy atom. The molecule has 3 nitrogen and oxygen atoms in total. The molecule has 1 heterocycles. The molecule has 2 unspecified atom stereocenters. The topological polar surface area (TPSA) is 34.9 Å². The summed E-state index contributed by atoms with van der Waals surface area (Å²) in [5, 5.41) is 0. The average Bonchev–Trinajstić information content (AvgIpc) is 2.67. The van der Waals surface area contributed by atoms with E-state index >= 15 is 0 Å². The summed E-state index contributed by atoms with van der Waals surface area (Å²) in [4.78, 5) is 16.9. The van der Waals surface area contributed by atoms with Crippen molar-refractivity contribution < 1.29 is 4.79 Å². The lowest BCUT2D eigenvalue weighted by Gasteiger charge is -2.05. The van der Waals surface area contributed by atoms with Crippen LogP contribution in [0.5, 0.6) is 0 Å². The number of hydrogen-bond acceptors (Lipinski definition) is 2. The minimum absolute atomic E-state index is 0.00361. The lowest BCUT2D eigenvalue weighted by molar-refractivity contribution is 0.0862.